The van der Waals surface area contributed by atoms with Crippen molar-refractivity contribution in [2.75, 3.05) is 0 Å². The van der Waals surface area contributed by atoms with Crippen molar-refractivity contribution in [3.63, 3.8) is 0 Å². The van der Waals surface area contributed by atoms with Crippen molar-refractivity contribution in [1.82, 2.24) is 9.78 Å². The number of carbonyl (C=O) groups is 2. The maximum absolute atomic E-state index is 13.1. The quantitative estimate of drug-likeness (QED) is 0.701. The molecule has 0 saturated carbocycles. The molecule has 1 aliphatic carbocycles. The fraction of sp³-hybridized carbons (Fsp3) is 0.261. The fourth-order valence-corrected chi connectivity index (χ4v) is 3.81. The summed E-state index contributed by atoms with van der Waals surface area (Å²) in [5, 5.41) is 4.63. The number of carbonyl (C=O) groups excluding carboxylic acids is 2. The third-order valence-corrected chi connectivity index (χ3v) is 5.04. The van der Waals surface area contributed by atoms with Crippen LogP contribution in [0.5, 0.6) is 0 Å². The molecule has 0 radical (unpaired) electrons. The number of Topliss-reactive ketones (excluding diaryl/α,β-unsaturated/α-hetero) is 1. The van der Waals surface area contributed by atoms with Crippen LogP contribution in [0.2, 0.25) is 0 Å². The maximum Gasteiger partial charge on any atom is 0.278 e. The van der Waals surface area contributed by atoms with E-state index >= 15 is 0 Å². The Balaban J connectivity index is 1.83. The number of benzene rings is 2. The summed E-state index contributed by atoms with van der Waals surface area (Å²) in [5.41, 5.74) is 3.56. The lowest BCUT2D eigenvalue weighted by Gasteiger charge is -2.29. The predicted octanol–water partition coefficient (Wildman–Crippen LogP) is 4.32. The van der Waals surface area contributed by atoms with Gasteiger partial charge in [0.2, 0.25) is 0 Å². The summed E-state index contributed by atoms with van der Waals surface area (Å²) in [4.78, 5) is 26.0. The lowest BCUT2D eigenvalue weighted by molar-refractivity contribution is 0.0902. The Bertz CT molecular complexity index is 1000. The lowest BCUT2D eigenvalue weighted by Crippen LogP contribution is -2.30. The van der Waals surface area contributed by atoms with E-state index in [1.165, 1.54) is 4.68 Å². The van der Waals surface area contributed by atoms with E-state index < -0.39 is 0 Å². The number of nitrogens with zero attached hydrogens (tertiary/aromatic N) is 2. The van der Waals surface area contributed by atoms with Gasteiger partial charge in [0.15, 0.2) is 5.78 Å². The van der Waals surface area contributed by atoms with E-state index in [1.54, 1.807) is 12.1 Å². The van der Waals surface area contributed by atoms with Crippen LogP contribution in [0.15, 0.2) is 60.7 Å². The molecule has 0 amide bonds. The first kappa shape index (κ1) is 17.4. The molecule has 0 N–H and O–H groups in total. The molecule has 4 rings (SSSR count). The topological polar surface area (TPSA) is 52.0 Å². The number of hydrogen-bond acceptors (Lipinski definition) is 3. The Morgan fingerprint density at radius 3 is 2.30 bits per heavy atom. The third kappa shape index (κ3) is 3.35. The van der Waals surface area contributed by atoms with Crippen LogP contribution in [0.3, 0.4) is 0 Å². The Kier molecular flexibility index (Phi) is 4.27. The monoisotopic (exact) mass is 358 g/mol. The van der Waals surface area contributed by atoms with E-state index in [1.807, 2.05) is 48.5 Å². The second-order valence-corrected chi connectivity index (χ2v) is 7.95. The zero-order valence-electron chi connectivity index (χ0n) is 15.6. The third-order valence-electron chi connectivity index (χ3n) is 5.04. The van der Waals surface area contributed by atoms with Gasteiger partial charge < -0.3 is 0 Å². The van der Waals surface area contributed by atoms with Crippen molar-refractivity contribution in [2.24, 2.45) is 5.41 Å². The number of aromatic nitrogens is 2. The van der Waals surface area contributed by atoms with Crippen LogP contribution in [0, 0.1) is 5.41 Å². The van der Waals surface area contributed by atoms with E-state index in [9.17, 15) is 9.59 Å². The van der Waals surface area contributed by atoms with Crippen LogP contribution in [0.4, 0.5) is 0 Å². The predicted molar refractivity (Wildman–Crippen MR) is 104 cm³/mol. The van der Waals surface area contributed by atoms with Crippen LogP contribution >= 0.6 is 0 Å². The van der Waals surface area contributed by atoms with Gasteiger partial charge in [-0.05, 0) is 29.5 Å². The molecule has 27 heavy (non-hydrogen) atoms. The zero-order chi connectivity index (χ0) is 19.0. The average molecular weight is 358 g/mol. The van der Waals surface area contributed by atoms with Gasteiger partial charge in [-0.25, -0.2) is 0 Å². The molecule has 3 aromatic rings. The maximum atomic E-state index is 13.1. The Morgan fingerprint density at radius 1 is 1.00 bits per heavy atom. The van der Waals surface area contributed by atoms with Crippen LogP contribution in [-0.4, -0.2) is 21.5 Å². The molecule has 4 heteroatoms. The number of ketones is 1. The summed E-state index contributed by atoms with van der Waals surface area (Å²) in [6.07, 6.45) is 1.69. The Hall–Kier alpha value is -3.01. The van der Waals surface area contributed by atoms with Gasteiger partial charge in [0.1, 0.15) is 0 Å². The second-order valence-electron chi connectivity index (χ2n) is 7.95. The minimum atomic E-state index is -0.184. The van der Waals surface area contributed by atoms with Crippen LogP contribution in [-0.2, 0) is 12.8 Å². The second kappa shape index (κ2) is 6.62. The first-order valence-corrected chi connectivity index (χ1v) is 9.22. The molecule has 0 aliphatic heterocycles. The van der Waals surface area contributed by atoms with Gasteiger partial charge >= 0.3 is 0 Å². The highest BCUT2D eigenvalue weighted by Gasteiger charge is 2.37. The summed E-state index contributed by atoms with van der Waals surface area (Å²) >= 11 is 0. The Morgan fingerprint density at radius 2 is 1.63 bits per heavy atom. The number of fused-ring (bicyclic) bond motifs is 1. The van der Waals surface area contributed by atoms with Crippen molar-refractivity contribution in [3.05, 3.63) is 88.7 Å². The van der Waals surface area contributed by atoms with Crippen molar-refractivity contribution in [3.8, 4) is 0 Å². The molecule has 0 spiro atoms. The molecule has 1 heterocycles. The van der Waals surface area contributed by atoms with Crippen LogP contribution in [0.25, 0.3) is 0 Å². The molecule has 1 aromatic heterocycles. The van der Waals surface area contributed by atoms with Crippen LogP contribution in [0.1, 0.15) is 57.9 Å². The highest BCUT2D eigenvalue weighted by Crippen LogP contribution is 2.37. The van der Waals surface area contributed by atoms with E-state index in [2.05, 4.69) is 18.9 Å². The van der Waals surface area contributed by atoms with Gasteiger partial charge in [-0.2, -0.15) is 9.78 Å². The molecule has 136 valence electrons. The van der Waals surface area contributed by atoms with E-state index in [0.717, 1.165) is 11.3 Å². The molecule has 0 unspecified atom stereocenters. The summed E-state index contributed by atoms with van der Waals surface area (Å²) in [6, 6.07) is 19.0. The highest BCUT2D eigenvalue weighted by molar-refractivity contribution is 6.02. The molecular formula is C23H22N2O2. The van der Waals surface area contributed by atoms with Crippen molar-refractivity contribution < 1.29 is 9.59 Å². The molecule has 4 nitrogen and oxygen atoms in total. The minimum absolute atomic E-state index is 0.0827. The largest absolute Gasteiger partial charge is 0.294 e. The summed E-state index contributed by atoms with van der Waals surface area (Å²) in [6.45, 7) is 4.13. The number of hydrogen-bond donors (Lipinski definition) is 0. The fourth-order valence-electron chi connectivity index (χ4n) is 3.81. The van der Waals surface area contributed by atoms with Crippen LogP contribution < -0.4 is 0 Å². The number of rotatable bonds is 3. The van der Waals surface area contributed by atoms with Gasteiger partial charge in [0.25, 0.3) is 5.91 Å². The summed E-state index contributed by atoms with van der Waals surface area (Å²) in [5.74, 6) is -0.101. The highest BCUT2D eigenvalue weighted by atomic mass is 16.2. The summed E-state index contributed by atoms with van der Waals surface area (Å²) in [7, 11) is 0. The molecule has 0 saturated heterocycles. The average Bonchev–Trinajstić information content (AvgIpc) is 2.99. The molecular weight excluding hydrogens is 336 g/mol. The SMILES string of the molecule is CC1(C)CC(=O)c2c(Cc3ccccc3)nn(C(=O)c3ccccc3)c2C1. The molecule has 0 bridgehead atoms. The summed E-state index contributed by atoms with van der Waals surface area (Å²) < 4.78 is 1.46. The molecule has 2 aromatic carbocycles. The van der Waals surface area contributed by atoms with Gasteiger partial charge in [-0.15, -0.1) is 0 Å². The normalized spacial score (nSPS) is 15.4. The van der Waals surface area contributed by atoms with Gasteiger partial charge in [-0.1, -0.05) is 62.4 Å². The zero-order valence-corrected chi connectivity index (χ0v) is 15.6. The smallest absolute Gasteiger partial charge is 0.278 e. The first-order chi connectivity index (χ1) is 12.9. The van der Waals surface area contributed by atoms with Gasteiger partial charge in [-0.3, -0.25) is 9.59 Å². The van der Waals surface area contributed by atoms with E-state index in [-0.39, 0.29) is 17.1 Å². The molecule has 0 atom stereocenters. The molecule has 0 fully saturated rings. The van der Waals surface area contributed by atoms with Crippen molar-refractivity contribution >= 4 is 11.7 Å². The minimum Gasteiger partial charge on any atom is -0.294 e. The van der Waals surface area contributed by atoms with E-state index in [4.69, 9.17) is 0 Å². The first-order valence-electron chi connectivity index (χ1n) is 9.22. The van der Waals surface area contributed by atoms with Crippen molar-refractivity contribution in [1.29, 1.82) is 0 Å². The van der Waals surface area contributed by atoms with Crippen molar-refractivity contribution in [2.45, 2.75) is 33.1 Å². The van der Waals surface area contributed by atoms with Gasteiger partial charge in [0.05, 0.1) is 17.0 Å². The Labute approximate surface area is 158 Å². The van der Waals surface area contributed by atoms with E-state index in [0.29, 0.717) is 36.1 Å². The molecule has 1 aliphatic rings. The lowest BCUT2D eigenvalue weighted by atomic mass is 9.75. The van der Waals surface area contributed by atoms with Gasteiger partial charge in [0, 0.05) is 18.4 Å². The standard InChI is InChI=1S/C23H22N2O2/c1-23(2)14-19-21(20(26)15-23)18(13-16-9-5-3-6-10-16)24-25(19)22(27)17-11-7-4-8-12-17/h3-12H,13-15H2,1-2H3.